The lowest BCUT2D eigenvalue weighted by atomic mass is 10.1. The van der Waals surface area contributed by atoms with E-state index in [2.05, 4.69) is 24.4 Å². The zero-order valence-electron chi connectivity index (χ0n) is 9.19. The highest BCUT2D eigenvalue weighted by molar-refractivity contribution is 5.30. The zero-order chi connectivity index (χ0) is 10.7. The van der Waals surface area contributed by atoms with Crippen molar-refractivity contribution in [1.29, 1.82) is 0 Å². The van der Waals surface area contributed by atoms with Crippen molar-refractivity contribution in [3.63, 3.8) is 0 Å². The van der Waals surface area contributed by atoms with Crippen molar-refractivity contribution < 1.29 is 9.47 Å². The average molecular weight is 207 g/mol. The lowest BCUT2D eigenvalue weighted by Crippen LogP contribution is -2.46. The van der Waals surface area contributed by atoms with E-state index in [1.165, 1.54) is 5.56 Å². The van der Waals surface area contributed by atoms with E-state index in [9.17, 15) is 0 Å². The van der Waals surface area contributed by atoms with E-state index in [1.807, 2.05) is 12.1 Å². The van der Waals surface area contributed by atoms with Crippen molar-refractivity contribution in [3.05, 3.63) is 29.8 Å². The minimum Gasteiger partial charge on any atom is -0.497 e. The number of rotatable bonds is 4. The first-order valence-corrected chi connectivity index (χ1v) is 5.27. The van der Waals surface area contributed by atoms with Crippen LogP contribution in [0, 0.1) is 0 Å². The molecule has 0 radical (unpaired) electrons. The van der Waals surface area contributed by atoms with Gasteiger partial charge in [-0.15, -0.1) is 0 Å². The van der Waals surface area contributed by atoms with Gasteiger partial charge in [-0.25, -0.2) is 0 Å². The van der Waals surface area contributed by atoms with E-state index in [-0.39, 0.29) is 0 Å². The molecule has 1 aromatic rings. The second-order valence-electron chi connectivity index (χ2n) is 3.90. The fraction of sp³-hybridized carbons (Fsp3) is 0.500. The number of methoxy groups -OCH3 is 1. The monoisotopic (exact) mass is 207 g/mol. The predicted molar refractivity (Wildman–Crippen MR) is 59.2 cm³/mol. The Morgan fingerprint density at radius 2 is 2.27 bits per heavy atom. The maximum Gasteiger partial charge on any atom is 0.119 e. The molecule has 1 N–H and O–H groups in total. The zero-order valence-corrected chi connectivity index (χ0v) is 9.19. The fourth-order valence-corrected chi connectivity index (χ4v) is 1.69. The number of ether oxygens (including phenoxy) is 2. The largest absolute Gasteiger partial charge is 0.497 e. The lowest BCUT2D eigenvalue weighted by Gasteiger charge is -2.30. The predicted octanol–water partition coefficient (Wildman–Crippen LogP) is 1.74. The first kappa shape index (κ1) is 10.5. The fourth-order valence-electron chi connectivity index (χ4n) is 1.69. The van der Waals surface area contributed by atoms with Crippen LogP contribution in [0.3, 0.4) is 0 Å². The van der Waals surface area contributed by atoms with Gasteiger partial charge in [-0.05, 0) is 24.6 Å². The molecule has 0 aromatic heterocycles. The molecule has 0 aliphatic carbocycles. The SMILES string of the molecule is COc1cccc(C(C)NC2COC2)c1. The lowest BCUT2D eigenvalue weighted by molar-refractivity contribution is -0.00925. The third-order valence-electron chi connectivity index (χ3n) is 2.72. The quantitative estimate of drug-likeness (QED) is 0.815. The Bertz CT molecular complexity index is 323. The second kappa shape index (κ2) is 4.64. The Kier molecular flexibility index (Phi) is 3.23. The van der Waals surface area contributed by atoms with Gasteiger partial charge in [-0.2, -0.15) is 0 Å². The summed E-state index contributed by atoms with van der Waals surface area (Å²) < 4.78 is 10.3. The van der Waals surface area contributed by atoms with E-state index < -0.39 is 0 Å². The Labute approximate surface area is 90.4 Å². The van der Waals surface area contributed by atoms with Crippen LogP contribution in [0.15, 0.2) is 24.3 Å². The molecule has 1 heterocycles. The van der Waals surface area contributed by atoms with E-state index >= 15 is 0 Å². The summed E-state index contributed by atoms with van der Waals surface area (Å²) in [4.78, 5) is 0. The first-order valence-electron chi connectivity index (χ1n) is 5.27. The normalized spacial score (nSPS) is 18.3. The van der Waals surface area contributed by atoms with E-state index in [1.54, 1.807) is 7.11 Å². The maximum absolute atomic E-state index is 5.20. The molecule has 1 atom stereocenters. The number of hydrogen-bond acceptors (Lipinski definition) is 3. The molecule has 1 unspecified atom stereocenters. The Morgan fingerprint density at radius 3 is 2.87 bits per heavy atom. The van der Waals surface area contributed by atoms with Crippen molar-refractivity contribution >= 4 is 0 Å². The van der Waals surface area contributed by atoms with Gasteiger partial charge >= 0.3 is 0 Å². The summed E-state index contributed by atoms with van der Waals surface area (Å²) in [6.45, 7) is 3.82. The van der Waals surface area contributed by atoms with Gasteiger partial charge < -0.3 is 14.8 Å². The van der Waals surface area contributed by atoms with Crippen LogP contribution in [0.1, 0.15) is 18.5 Å². The van der Waals surface area contributed by atoms with Gasteiger partial charge in [-0.1, -0.05) is 12.1 Å². The molecule has 0 amide bonds. The molecule has 0 saturated carbocycles. The molecule has 2 rings (SSSR count). The molecule has 82 valence electrons. The van der Waals surface area contributed by atoms with Gasteiger partial charge in [0.2, 0.25) is 0 Å². The molecule has 0 bridgehead atoms. The van der Waals surface area contributed by atoms with Crippen molar-refractivity contribution in [1.82, 2.24) is 5.32 Å². The van der Waals surface area contributed by atoms with Crippen molar-refractivity contribution in [3.8, 4) is 5.75 Å². The Morgan fingerprint density at radius 1 is 1.47 bits per heavy atom. The molecule has 1 aliphatic heterocycles. The summed E-state index contributed by atoms with van der Waals surface area (Å²) >= 11 is 0. The summed E-state index contributed by atoms with van der Waals surface area (Å²) in [6.07, 6.45) is 0. The molecule has 3 nitrogen and oxygen atoms in total. The van der Waals surface area contributed by atoms with Crippen LogP contribution in [0.4, 0.5) is 0 Å². The molecule has 1 aromatic carbocycles. The molecule has 3 heteroatoms. The van der Waals surface area contributed by atoms with Gasteiger partial charge in [0.25, 0.3) is 0 Å². The summed E-state index contributed by atoms with van der Waals surface area (Å²) in [5.41, 5.74) is 1.25. The molecule has 15 heavy (non-hydrogen) atoms. The minimum atomic E-state index is 0.342. The first-order chi connectivity index (χ1) is 7.29. The van der Waals surface area contributed by atoms with Gasteiger partial charge in [0.05, 0.1) is 26.4 Å². The summed E-state index contributed by atoms with van der Waals surface area (Å²) in [6, 6.07) is 9.00. The Hall–Kier alpha value is -1.06. The smallest absolute Gasteiger partial charge is 0.119 e. The van der Waals surface area contributed by atoms with E-state index in [4.69, 9.17) is 9.47 Å². The number of hydrogen-bond donors (Lipinski definition) is 1. The van der Waals surface area contributed by atoms with Crippen LogP contribution >= 0.6 is 0 Å². The van der Waals surface area contributed by atoms with Crippen LogP contribution in [-0.4, -0.2) is 26.4 Å². The van der Waals surface area contributed by atoms with Gasteiger partial charge in [0.1, 0.15) is 5.75 Å². The second-order valence-corrected chi connectivity index (χ2v) is 3.90. The van der Waals surface area contributed by atoms with Crippen LogP contribution in [0.25, 0.3) is 0 Å². The Balaban J connectivity index is 1.99. The third-order valence-corrected chi connectivity index (χ3v) is 2.72. The van der Waals surface area contributed by atoms with Gasteiger partial charge in [0.15, 0.2) is 0 Å². The van der Waals surface area contributed by atoms with Gasteiger partial charge in [0, 0.05) is 6.04 Å². The molecular formula is C12H17NO2. The minimum absolute atomic E-state index is 0.342. The van der Waals surface area contributed by atoms with Crippen molar-refractivity contribution in [2.24, 2.45) is 0 Å². The highest BCUT2D eigenvalue weighted by atomic mass is 16.5. The molecule has 1 fully saturated rings. The molecule has 1 aliphatic rings. The topological polar surface area (TPSA) is 30.5 Å². The van der Waals surface area contributed by atoms with Crippen molar-refractivity contribution in [2.45, 2.75) is 19.0 Å². The molecule has 1 saturated heterocycles. The van der Waals surface area contributed by atoms with E-state index in [0.717, 1.165) is 19.0 Å². The molecular weight excluding hydrogens is 190 g/mol. The highest BCUT2D eigenvalue weighted by Gasteiger charge is 2.20. The highest BCUT2D eigenvalue weighted by Crippen LogP contribution is 2.19. The third kappa shape index (κ3) is 2.49. The molecule has 0 spiro atoms. The van der Waals surface area contributed by atoms with Crippen molar-refractivity contribution in [2.75, 3.05) is 20.3 Å². The average Bonchev–Trinajstić information content (AvgIpc) is 2.23. The van der Waals surface area contributed by atoms with Gasteiger partial charge in [-0.3, -0.25) is 0 Å². The number of nitrogens with one attached hydrogen (secondary N) is 1. The summed E-state index contributed by atoms with van der Waals surface area (Å²) in [5, 5.41) is 3.50. The maximum atomic E-state index is 5.20. The van der Waals surface area contributed by atoms with Crippen LogP contribution in [0.2, 0.25) is 0 Å². The standard InChI is InChI=1S/C12H17NO2/c1-9(13-11-7-15-8-11)10-4-3-5-12(6-10)14-2/h3-6,9,11,13H,7-8H2,1-2H3. The van der Waals surface area contributed by atoms with E-state index in [0.29, 0.717) is 12.1 Å². The van der Waals surface area contributed by atoms with Crippen LogP contribution in [-0.2, 0) is 4.74 Å². The summed E-state index contributed by atoms with van der Waals surface area (Å²) in [5.74, 6) is 0.908. The number of benzene rings is 1. The van der Waals surface area contributed by atoms with Crippen LogP contribution < -0.4 is 10.1 Å². The van der Waals surface area contributed by atoms with Crippen LogP contribution in [0.5, 0.6) is 5.75 Å². The summed E-state index contributed by atoms with van der Waals surface area (Å²) in [7, 11) is 1.69.